The van der Waals surface area contributed by atoms with Crippen LogP contribution >= 0.6 is 0 Å². The van der Waals surface area contributed by atoms with Gasteiger partial charge in [-0.3, -0.25) is 4.79 Å². The highest BCUT2D eigenvalue weighted by molar-refractivity contribution is 6.70. The first-order valence-corrected chi connectivity index (χ1v) is 10.2. The molecular formula is C14H26O4Si. The average Bonchev–Trinajstić information content (AvgIpc) is 2.19. The molecule has 0 N–H and O–H groups in total. The van der Waals surface area contributed by atoms with Crippen LogP contribution in [0.15, 0.2) is 11.5 Å². The van der Waals surface area contributed by atoms with E-state index in [1.54, 1.807) is 6.92 Å². The van der Waals surface area contributed by atoms with Crippen molar-refractivity contribution >= 4 is 14.1 Å². The van der Waals surface area contributed by atoms with Crippen molar-refractivity contribution in [3.63, 3.8) is 0 Å². The van der Waals surface area contributed by atoms with E-state index in [0.29, 0.717) is 11.5 Å². The summed E-state index contributed by atoms with van der Waals surface area (Å²) in [4.78, 5) is 12.3. The summed E-state index contributed by atoms with van der Waals surface area (Å²) in [6.07, 6.45) is -0.0698. The van der Waals surface area contributed by atoms with Crippen LogP contribution in [0.1, 0.15) is 34.6 Å². The van der Waals surface area contributed by atoms with Crippen LogP contribution < -0.4 is 0 Å². The molecular weight excluding hydrogens is 260 g/mol. The summed E-state index contributed by atoms with van der Waals surface area (Å²) in [5.41, 5.74) is -0.973. The molecule has 0 saturated carbocycles. The van der Waals surface area contributed by atoms with E-state index in [-0.39, 0.29) is 18.0 Å². The van der Waals surface area contributed by atoms with Crippen molar-refractivity contribution in [2.75, 3.05) is 0 Å². The van der Waals surface area contributed by atoms with Gasteiger partial charge < -0.3 is 13.9 Å². The summed E-state index contributed by atoms with van der Waals surface area (Å²) in [6, 6.07) is 0. The molecule has 0 aromatic carbocycles. The molecule has 5 heteroatoms. The molecule has 0 heterocycles. The van der Waals surface area contributed by atoms with Gasteiger partial charge in [0.25, 0.3) is 0 Å². The van der Waals surface area contributed by atoms with Gasteiger partial charge in [-0.2, -0.15) is 0 Å². The monoisotopic (exact) mass is 286 g/mol. The summed E-state index contributed by atoms with van der Waals surface area (Å²) in [5.74, 6) is 0.757. The van der Waals surface area contributed by atoms with E-state index in [1.165, 1.54) is 0 Å². The van der Waals surface area contributed by atoms with Gasteiger partial charge in [0.15, 0.2) is 19.7 Å². The number of carbonyl (C=O) groups excluding carboxylic acids is 1. The molecule has 19 heavy (non-hydrogen) atoms. The van der Waals surface area contributed by atoms with Gasteiger partial charge in [-0.15, -0.1) is 0 Å². The number of hydrogen-bond acceptors (Lipinski definition) is 4. The molecule has 1 unspecified atom stereocenters. The Morgan fingerprint density at radius 2 is 1.47 bits per heavy atom. The predicted octanol–water partition coefficient (Wildman–Crippen LogP) is 3.24. The number of ketones is 1. The first-order chi connectivity index (χ1) is 8.47. The lowest BCUT2D eigenvalue weighted by Crippen LogP contribution is -2.57. The van der Waals surface area contributed by atoms with E-state index in [0.717, 1.165) is 0 Å². The lowest BCUT2D eigenvalue weighted by molar-refractivity contribution is -0.145. The lowest BCUT2D eigenvalue weighted by Gasteiger charge is -2.43. The molecule has 1 aliphatic rings. The highest BCUT2D eigenvalue weighted by atomic mass is 28.4. The Labute approximate surface area is 117 Å². The SMILES string of the molecule is CC(C)OC1=C(OC(C)C)C(C)(O[Si](C)(C)C)C1=O. The van der Waals surface area contributed by atoms with Gasteiger partial charge in [0.2, 0.25) is 11.5 Å². The minimum absolute atomic E-state index is 0.0153. The molecule has 0 bridgehead atoms. The summed E-state index contributed by atoms with van der Waals surface area (Å²) in [5, 5.41) is 0. The van der Waals surface area contributed by atoms with Crippen LogP contribution in [-0.2, 0) is 18.7 Å². The molecule has 0 radical (unpaired) electrons. The fourth-order valence-corrected chi connectivity index (χ4v) is 3.44. The maximum absolute atomic E-state index is 12.3. The predicted molar refractivity (Wildman–Crippen MR) is 77.3 cm³/mol. The largest absolute Gasteiger partial charge is 0.488 e. The smallest absolute Gasteiger partial charge is 0.239 e. The standard InChI is InChI=1S/C14H26O4Si/c1-9(2)16-11-12(15)14(5,18-19(6,7)8)13(11)17-10(3)4/h9-10H,1-8H3. The fraction of sp³-hybridized carbons (Fsp3) is 0.786. The highest BCUT2D eigenvalue weighted by Crippen LogP contribution is 2.42. The van der Waals surface area contributed by atoms with Crippen LogP contribution in [0.25, 0.3) is 0 Å². The zero-order valence-electron chi connectivity index (χ0n) is 13.3. The Morgan fingerprint density at radius 3 is 1.84 bits per heavy atom. The molecule has 1 rings (SSSR count). The zero-order chi connectivity index (χ0) is 15.0. The third-order valence-electron chi connectivity index (χ3n) is 2.50. The quantitative estimate of drug-likeness (QED) is 0.703. The number of carbonyl (C=O) groups is 1. The van der Waals surface area contributed by atoms with Crippen LogP contribution in [0.5, 0.6) is 0 Å². The highest BCUT2D eigenvalue weighted by Gasteiger charge is 2.57. The summed E-state index contributed by atoms with van der Waals surface area (Å²) in [6.45, 7) is 15.6. The number of Topliss-reactive ketones (excluding diaryl/α,β-unsaturated/α-hetero) is 1. The van der Waals surface area contributed by atoms with Crippen LogP contribution in [0.4, 0.5) is 0 Å². The topological polar surface area (TPSA) is 44.8 Å². The third-order valence-corrected chi connectivity index (χ3v) is 3.52. The number of ether oxygens (including phenoxy) is 2. The van der Waals surface area contributed by atoms with Gasteiger partial charge in [-0.25, -0.2) is 0 Å². The molecule has 0 fully saturated rings. The Balaban J connectivity index is 3.07. The summed E-state index contributed by atoms with van der Waals surface area (Å²) < 4.78 is 17.4. The van der Waals surface area contributed by atoms with Gasteiger partial charge >= 0.3 is 0 Å². The van der Waals surface area contributed by atoms with Crippen molar-refractivity contribution in [3.05, 3.63) is 11.5 Å². The molecule has 1 aliphatic carbocycles. The first kappa shape index (κ1) is 16.2. The average molecular weight is 286 g/mol. The molecule has 0 saturated heterocycles. The molecule has 0 aromatic heterocycles. The van der Waals surface area contributed by atoms with Crippen molar-refractivity contribution in [1.29, 1.82) is 0 Å². The van der Waals surface area contributed by atoms with E-state index >= 15 is 0 Å². The molecule has 0 spiro atoms. The van der Waals surface area contributed by atoms with E-state index in [1.807, 2.05) is 27.7 Å². The molecule has 110 valence electrons. The maximum Gasteiger partial charge on any atom is 0.239 e. The van der Waals surface area contributed by atoms with Gasteiger partial charge in [-0.1, -0.05) is 0 Å². The first-order valence-electron chi connectivity index (χ1n) is 6.80. The summed E-state index contributed by atoms with van der Waals surface area (Å²) in [7, 11) is -1.86. The minimum atomic E-state index is -1.86. The van der Waals surface area contributed by atoms with Crippen LogP contribution in [0.3, 0.4) is 0 Å². The normalized spacial score (nSPS) is 24.0. The van der Waals surface area contributed by atoms with Crippen LogP contribution in [-0.4, -0.2) is 31.9 Å². The number of rotatable bonds is 6. The minimum Gasteiger partial charge on any atom is -0.488 e. The van der Waals surface area contributed by atoms with E-state index in [9.17, 15) is 4.79 Å². The second-order valence-electron chi connectivity index (χ2n) is 6.57. The lowest BCUT2D eigenvalue weighted by atomic mass is 9.84. The molecule has 1 atom stereocenters. The van der Waals surface area contributed by atoms with Crippen molar-refractivity contribution in [1.82, 2.24) is 0 Å². The van der Waals surface area contributed by atoms with Crippen LogP contribution in [0, 0.1) is 0 Å². The Morgan fingerprint density at radius 1 is 1.00 bits per heavy atom. The van der Waals surface area contributed by atoms with Crippen LogP contribution in [0.2, 0.25) is 19.6 Å². The molecule has 4 nitrogen and oxygen atoms in total. The molecule has 0 aliphatic heterocycles. The molecule has 0 aromatic rings. The van der Waals surface area contributed by atoms with Crippen molar-refractivity contribution in [2.45, 2.75) is 72.1 Å². The maximum atomic E-state index is 12.3. The van der Waals surface area contributed by atoms with E-state index < -0.39 is 13.9 Å². The zero-order valence-corrected chi connectivity index (χ0v) is 14.3. The summed E-state index contributed by atoms with van der Waals surface area (Å²) >= 11 is 0. The second-order valence-corrected chi connectivity index (χ2v) is 11.0. The number of hydrogen-bond donors (Lipinski definition) is 0. The Bertz CT molecular complexity index is 393. The van der Waals surface area contributed by atoms with Gasteiger partial charge in [0.05, 0.1) is 12.2 Å². The van der Waals surface area contributed by atoms with Gasteiger partial charge in [0.1, 0.15) is 0 Å². The third kappa shape index (κ3) is 3.60. The Hall–Kier alpha value is -0.813. The van der Waals surface area contributed by atoms with E-state index in [2.05, 4.69) is 19.6 Å². The molecule has 0 amide bonds. The fourth-order valence-electron chi connectivity index (χ4n) is 2.03. The van der Waals surface area contributed by atoms with E-state index in [4.69, 9.17) is 13.9 Å². The van der Waals surface area contributed by atoms with Gasteiger partial charge in [-0.05, 0) is 54.3 Å². The second kappa shape index (κ2) is 5.29. The van der Waals surface area contributed by atoms with Crippen molar-refractivity contribution in [3.8, 4) is 0 Å². The Kier molecular flexibility index (Phi) is 4.52. The van der Waals surface area contributed by atoms with Crippen molar-refractivity contribution < 1.29 is 18.7 Å². The van der Waals surface area contributed by atoms with Gasteiger partial charge in [0, 0.05) is 0 Å². The van der Waals surface area contributed by atoms with Crippen molar-refractivity contribution in [2.24, 2.45) is 0 Å².